The Morgan fingerprint density at radius 2 is 2.04 bits per heavy atom. The summed E-state index contributed by atoms with van der Waals surface area (Å²) < 4.78 is 27.0. The highest BCUT2D eigenvalue weighted by molar-refractivity contribution is 7.71. The van der Waals surface area contributed by atoms with Gasteiger partial charge in [-0.1, -0.05) is 24.3 Å². The molecule has 0 aliphatic heterocycles. The molecular weight excluding hydrogens is 355 g/mol. The molecule has 3 rings (SSSR count). The van der Waals surface area contributed by atoms with E-state index in [4.69, 9.17) is 21.7 Å². The van der Waals surface area contributed by atoms with E-state index in [9.17, 15) is 4.39 Å². The molecule has 3 aromatic rings. The van der Waals surface area contributed by atoms with Crippen LogP contribution in [0.3, 0.4) is 0 Å². The van der Waals surface area contributed by atoms with Crippen LogP contribution in [0.1, 0.15) is 17.0 Å². The Balaban J connectivity index is 1.69. The molecular formula is C18H19FN4O2S. The Morgan fingerprint density at radius 1 is 1.23 bits per heavy atom. The van der Waals surface area contributed by atoms with Gasteiger partial charge in [0, 0.05) is 5.56 Å². The number of aromatic amines is 1. The summed E-state index contributed by atoms with van der Waals surface area (Å²) in [6, 6.07) is 12.1. The molecule has 0 saturated carbocycles. The number of aromatic nitrogens is 3. The minimum Gasteiger partial charge on any atom is -0.493 e. The van der Waals surface area contributed by atoms with E-state index in [2.05, 4.69) is 15.6 Å². The standard InChI is InChI=1S/C18H19FN4O2S/c1-12-21-22-18(26)23(12)20-10-13-7-8-16(17(9-13)24-2)25-11-14-5-3-4-6-15(14)19/h3-9,20H,10-11H2,1-2H3,(H,22,26). The molecule has 2 aromatic carbocycles. The fourth-order valence-corrected chi connectivity index (χ4v) is 2.69. The molecule has 0 bridgehead atoms. The number of hydrogen-bond acceptors (Lipinski definition) is 5. The van der Waals surface area contributed by atoms with Crippen molar-refractivity contribution in [2.75, 3.05) is 12.5 Å². The van der Waals surface area contributed by atoms with E-state index in [0.717, 1.165) is 11.4 Å². The van der Waals surface area contributed by atoms with Crippen LogP contribution in [0.4, 0.5) is 4.39 Å². The number of nitrogens with zero attached hydrogens (tertiary/aromatic N) is 2. The van der Waals surface area contributed by atoms with E-state index in [-0.39, 0.29) is 12.4 Å². The third kappa shape index (κ3) is 4.02. The van der Waals surface area contributed by atoms with Crippen molar-refractivity contribution in [3.05, 3.63) is 70.0 Å². The van der Waals surface area contributed by atoms with E-state index < -0.39 is 0 Å². The molecule has 0 radical (unpaired) electrons. The zero-order valence-electron chi connectivity index (χ0n) is 14.5. The van der Waals surface area contributed by atoms with Gasteiger partial charge in [0.15, 0.2) is 11.5 Å². The van der Waals surface area contributed by atoms with Crippen molar-refractivity contribution in [2.45, 2.75) is 20.1 Å². The number of benzene rings is 2. The molecule has 0 aliphatic carbocycles. The zero-order valence-corrected chi connectivity index (χ0v) is 15.3. The second-order valence-corrected chi connectivity index (χ2v) is 6.00. The van der Waals surface area contributed by atoms with Crippen LogP contribution in [-0.4, -0.2) is 22.0 Å². The van der Waals surface area contributed by atoms with E-state index >= 15 is 0 Å². The van der Waals surface area contributed by atoms with Gasteiger partial charge in [0.1, 0.15) is 18.2 Å². The predicted molar refractivity (Wildman–Crippen MR) is 98.9 cm³/mol. The van der Waals surface area contributed by atoms with Crippen LogP contribution in [0.15, 0.2) is 42.5 Å². The predicted octanol–water partition coefficient (Wildman–Crippen LogP) is 3.72. The van der Waals surface area contributed by atoms with E-state index in [1.54, 1.807) is 36.1 Å². The second-order valence-electron chi connectivity index (χ2n) is 5.61. The van der Waals surface area contributed by atoms with Gasteiger partial charge in [-0.05, 0) is 42.9 Å². The monoisotopic (exact) mass is 374 g/mol. The van der Waals surface area contributed by atoms with E-state index in [0.29, 0.717) is 28.4 Å². The summed E-state index contributed by atoms with van der Waals surface area (Å²) in [5.74, 6) is 1.58. The summed E-state index contributed by atoms with van der Waals surface area (Å²) in [6.45, 7) is 2.50. The number of methoxy groups -OCH3 is 1. The molecule has 26 heavy (non-hydrogen) atoms. The topological polar surface area (TPSA) is 64.1 Å². The van der Waals surface area contributed by atoms with Crippen LogP contribution in [-0.2, 0) is 13.2 Å². The fraction of sp³-hybridized carbons (Fsp3) is 0.222. The molecule has 0 fully saturated rings. The minimum atomic E-state index is -0.292. The van der Waals surface area contributed by atoms with Crippen LogP contribution in [0, 0.1) is 17.5 Å². The lowest BCUT2D eigenvalue weighted by Gasteiger charge is -2.14. The minimum absolute atomic E-state index is 0.129. The van der Waals surface area contributed by atoms with E-state index in [1.165, 1.54) is 6.07 Å². The third-order valence-electron chi connectivity index (χ3n) is 3.85. The normalized spacial score (nSPS) is 10.6. The second kappa shape index (κ2) is 8.01. The summed E-state index contributed by atoms with van der Waals surface area (Å²) in [6.07, 6.45) is 0. The van der Waals surface area contributed by atoms with Crippen molar-refractivity contribution in [3.63, 3.8) is 0 Å². The Morgan fingerprint density at radius 3 is 2.73 bits per heavy atom. The summed E-state index contributed by atoms with van der Waals surface area (Å²) in [7, 11) is 1.57. The van der Waals surface area contributed by atoms with Crippen molar-refractivity contribution in [1.82, 2.24) is 14.9 Å². The SMILES string of the molecule is COc1cc(CNn2c(C)n[nH]c2=S)ccc1OCc1ccccc1F. The maximum atomic E-state index is 13.7. The highest BCUT2D eigenvalue weighted by Gasteiger charge is 2.09. The van der Waals surface area contributed by atoms with Gasteiger partial charge in [-0.2, -0.15) is 5.10 Å². The van der Waals surface area contributed by atoms with Crippen LogP contribution >= 0.6 is 12.2 Å². The van der Waals surface area contributed by atoms with Crippen molar-refractivity contribution in [3.8, 4) is 11.5 Å². The lowest BCUT2D eigenvalue weighted by atomic mass is 10.2. The highest BCUT2D eigenvalue weighted by atomic mass is 32.1. The third-order valence-corrected chi connectivity index (χ3v) is 4.12. The van der Waals surface area contributed by atoms with Crippen LogP contribution < -0.4 is 14.9 Å². The molecule has 1 heterocycles. The first kappa shape index (κ1) is 17.9. The van der Waals surface area contributed by atoms with Gasteiger partial charge in [0.05, 0.1) is 13.7 Å². The molecule has 0 aliphatic rings. The first-order chi connectivity index (χ1) is 12.6. The average molecular weight is 374 g/mol. The molecule has 8 heteroatoms. The van der Waals surface area contributed by atoms with Gasteiger partial charge in [0.25, 0.3) is 0 Å². The molecule has 136 valence electrons. The molecule has 0 unspecified atom stereocenters. The highest BCUT2D eigenvalue weighted by Crippen LogP contribution is 2.29. The molecule has 6 nitrogen and oxygen atoms in total. The van der Waals surface area contributed by atoms with Crippen LogP contribution in [0.5, 0.6) is 11.5 Å². The largest absolute Gasteiger partial charge is 0.493 e. The van der Waals surface area contributed by atoms with Crippen molar-refractivity contribution in [1.29, 1.82) is 0 Å². The van der Waals surface area contributed by atoms with E-state index in [1.807, 2.05) is 19.1 Å². The fourth-order valence-electron chi connectivity index (χ4n) is 2.44. The van der Waals surface area contributed by atoms with Crippen molar-refractivity contribution in [2.24, 2.45) is 0 Å². The summed E-state index contributed by atoms with van der Waals surface area (Å²) in [5.41, 5.74) is 4.65. The first-order valence-corrected chi connectivity index (χ1v) is 8.40. The maximum absolute atomic E-state index is 13.7. The van der Waals surface area contributed by atoms with Gasteiger partial charge in [-0.15, -0.1) is 0 Å². The number of rotatable bonds is 7. The molecule has 2 N–H and O–H groups in total. The number of nitrogens with one attached hydrogen (secondary N) is 2. The van der Waals surface area contributed by atoms with Gasteiger partial charge in [0.2, 0.25) is 4.77 Å². The van der Waals surface area contributed by atoms with Crippen molar-refractivity contribution >= 4 is 12.2 Å². The number of H-pyrrole nitrogens is 1. The first-order valence-electron chi connectivity index (χ1n) is 7.99. The number of ether oxygens (including phenoxy) is 2. The van der Waals surface area contributed by atoms with Gasteiger partial charge >= 0.3 is 0 Å². The molecule has 0 atom stereocenters. The lowest BCUT2D eigenvalue weighted by molar-refractivity contribution is 0.279. The lowest BCUT2D eigenvalue weighted by Crippen LogP contribution is -2.16. The average Bonchev–Trinajstić information content (AvgIpc) is 2.97. The summed E-state index contributed by atoms with van der Waals surface area (Å²) in [4.78, 5) is 0. The van der Waals surface area contributed by atoms with Gasteiger partial charge in [-0.25, -0.2) is 9.07 Å². The maximum Gasteiger partial charge on any atom is 0.214 e. The van der Waals surface area contributed by atoms with Gasteiger partial charge in [-0.3, -0.25) is 5.10 Å². The number of halogens is 1. The Labute approximate surface area is 155 Å². The summed E-state index contributed by atoms with van der Waals surface area (Å²) in [5, 5.41) is 6.76. The Bertz CT molecular complexity index is 954. The quantitative estimate of drug-likeness (QED) is 0.617. The molecule has 1 aromatic heterocycles. The van der Waals surface area contributed by atoms with Gasteiger partial charge < -0.3 is 14.9 Å². The Hall–Kier alpha value is -2.87. The molecule has 0 amide bonds. The smallest absolute Gasteiger partial charge is 0.214 e. The number of hydrogen-bond donors (Lipinski definition) is 2. The molecule has 0 spiro atoms. The van der Waals surface area contributed by atoms with Crippen LogP contribution in [0.25, 0.3) is 0 Å². The van der Waals surface area contributed by atoms with Crippen molar-refractivity contribution < 1.29 is 13.9 Å². The molecule has 0 saturated heterocycles. The number of aryl methyl sites for hydroxylation is 1. The van der Waals surface area contributed by atoms with Crippen LogP contribution in [0.2, 0.25) is 0 Å². The Kier molecular flexibility index (Phi) is 5.52. The summed E-state index contributed by atoms with van der Waals surface area (Å²) >= 11 is 5.16. The zero-order chi connectivity index (χ0) is 18.5.